The fraction of sp³-hybridized carbons (Fsp3) is 0.222. The number of rotatable bonds is 5. The van der Waals surface area contributed by atoms with Gasteiger partial charge < -0.3 is 11.1 Å². The summed E-state index contributed by atoms with van der Waals surface area (Å²) in [5.74, 6) is -0.571. The largest absolute Gasteiger partial charge is 0.368 e. The van der Waals surface area contributed by atoms with E-state index in [-0.39, 0.29) is 17.7 Å². The Morgan fingerprint density at radius 3 is 2.52 bits per heavy atom. The molecule has 118 valence electrons. The van der Waals surface area contributed by atoms with Crippen LogP contribution in [0.1, 0.15) is 29.5 Å². The highest BCUT2D eigenvalue weighted by atomic mass is 79.9. The van der Waals surface area contributed by atoms with Crippen LogP contribution in [0.5, 0.6) is 0 Å². The Kier molecular flexibility index (Phi) is 4.48. The molecule has 3 N–H and O–H groups in total. The number of nitrogens with one attached hydrogen (secondary N) is 1. The summed E-state index contributed by atoms with van der Waals surface area (Å²) in [5.41, 5.74) is 7.28. The lowest BCUT2D eigenvalue weighted by Gasteiger charge is -2.16. The van der Waals surface area contributed by atoms with E-state index in [1.165, 1.54) is 0 Å². The van der Waals surface area contributed by atoms with E-state index >= 15 is 0 Å². The van der Waals surface area contributed by atoms with E-state index in [2.05, 4.69) is 21.2 Å². The van der Waals surface area contributed by atoms with Gasteiger partial charge in [-0.2, -0.15) is 0 Å². The van der Waals surface area contributed by atoms with Crippen molar-refractivity contribution in [2.75, 3.05) is 0 Å². The minimum Gasteiger partial charge on any atom is -0.368 e. The maximum Gasteiger partial charge on any atom is 0.244 e. The summed E-state index contributed by atoms with van der Waals surface area (Å²) < 4.78 is 1.00. The molecule has 0 saturated heterocycles. The van der Waals surface area contributed by atoms with Gasteiger partial charge in [0.15, 0.2) is 0 Å². The minimum absolute atomic E-state index is 0.102. The third-order valence-corrected chi connectivity index (χ3v) is 4.60. The third kappa shape index (κ3) is 3.62. The van der Waals surface area contributed by atoms with Crippen molar-refractivity contribution in [1.29, 1.82) is 0 Å². The van der Waals surface area contributed by atoms with E-state index in [1.807, 2.05) is 42.5 Å². The lowest BCUT2D eigenvalue weighted by molar-refractivity contribution is -0.128. The zero-order valence-electron chi connectivity index (χ0n) is 12.4. The molecule has 0 aliphatic heterocycles. The molecule has 1 aliphatic carbocycles. The van der Waals surface area contributed by atoms with Crippen molar-refractivity contribution < 1.29 is 9.59 Å². The fourth-order valence-electron chi connectivity index (χ4n) is 2.80. The molecule has 0 bridgehead atoms. The van der Waals surface area contributed by atoms with Gasteiger partial charge in [-0.15, -0.1) is 0 Å². The van der Waals surface area contributed by atoms with Crippen molar-refractivity contribution in [2.45, 2.75) is 18.4 Å². The number of hydrogen-bond donors (Lipinski definition) is 2. The van der Waals surface area contributed by atoms with Crippen LogP contribution in [0.4, 0.5) is 0 Å². The molecule has 4 nitrogen and oxygen atoms in total. The van der Waals surface area contributed by atoms with Crippen LogP contribution in [0.3, 0.4) is 0 Å². The molecule has 0 aromatic heterocycles. The van der Waals surface area contributed by atoms with E-state index in [4.69, 9.17) is 5.73 Å². The summed E-state index contributed by atoms with van der Waals surface area (Å²) in [6.07, 6.45) is 0.794. The van der Waals surface area contributed by atoms with Crippen LogP contribution >= 0.6 is 15.9 Å². The molecule has 23 heavy (non-hydrogen) atoms. The van der Waals surface area contributed by atoms with Gasteiger partial charge in [-0.1, -0.05) is 58.4 Å². The normalized spacial score (nSPS) is 20.6. The molecule has 1 saturated carbocycles. The molecule has 0 unspecified atom stereocenters. The highest BCUT2D eigenvalue weighted by Crippen LogP contribution is 2.48. The molecular weight excluding hydrogens is 356 g/mol. The van der Waals surface area contributed by atoms with Gasteiger partial charge in [-0.3, -0.25) is 9.59 Å². The second-order valence-corrected chi connectivity index (χ2v) is 6.67. The fourth-order valence-corrected chi connectivity index (χ4v) is 3.22. The summed E-state index contributed by atoms with van der Waals surface area (Å²) >= 11 is 3.44. The second kappa shape index (κ2) is 6.54. The summed E-state index contributed by atoms with van der Waals surface area (Å²) in [6, 6.07) is 16.2. The van der Waals surface area contributed by atoms with Gasteiger partial charge in [0.2, 0.25) is 11.8 Å². The monoisotopic (exact) mass is 372 g/mol. The topological polar surface area (TPSA) is 72.2 Å². The van der Waals surface area contributed by atoms with E-state index in [1.54, 1.807) is 12.1 Å². The molecule has 2 aromatic rings. The molecule has 0 radical (unpaired) electrons. The molecule has 2 aromatic carbocycles. The number of carbonyl (C=O) groups excluding carboxylic acids is 2. The van der Waals surface area contributed by atoms with Crippen LogP contribution in [0, 0.1) is 5.92 Å². The van der Waals surface area contributed by atoms with Gasteiger partial charge >= 0.3 is 0 Å². The number of primary amides is 1. The van der Waals surface area contributed by atoms with Gasteiger partial charge in [0.25, 0.3) is 0 Å². The Labute approximate surface area is 143 Å². The summed E-state index contributed by atoms with van der Waals surface area (Å²) in [4.78, 5) is 24.1. The van der Waals surface area contributed by atoms with Crippen molar-refractivity contribution in [2.24, 2.45) is 11.7 Å². The SMILES string of the molecule is NC(=O)[C@H](NC(=O)[C@@H]1C[C@@H]1c1cccc(Br)c1)c1ccccc1. The first kappa shape index (κ1) is 15.7. The smallest absolute Gasteiger partial charge is 0.244 e. The predicted molar refractivity (Wildman–Crippen MR) is 91.5 cm³/mol. The van der Waals surface area contributed by atoms with E-state index in [0.29, 0.717) is 5.56 Å². The maximum absolute atomic E-state index is 12.4. The Morgan fingerprint density at radius 1 is 1.13 bits per heavy atom. The number of amides is 2. The van der Waals surface area contributed by atoms with Gasteiger partial charge in [0, 0.05) is 10.4 Å². The molecular formula is C18H17BrN2O2. The highest BCUT2D eigenvalue weighted by molar-refractivity contribution is 9.10. The molecule has 5 heteroatoms. The van der Waals surface area contributed by atoms with Gasteiger partial charge in [0.1, 0.15) is 6.04 Å². The van der Waals surface area contributed by atoms with Crippen molar-refractivity contribution in [3.8, 4) is 0 Å². The number of benzene rings is 2. The standard InChI is InChI=1S/C18H17BrN2O2/c19-13-8-4-7-12(9-13)14-10-15(14)18(23)21-16(17(20)22)11-5-2-1-3-6-11/h1-9,14-16H,10H2,(H2,20,22)(H,21,23)/t14-,15-,16-/m1/s1. The van der Waals surface area contributed by atoms with Crippen LogP contribution in [-0.4, -0.2) is 11.8 Å². The number of nitrogens with two attached hydrogens (primary N) is 1. The molecule has 2 amide bonds. The minimum atomic E-state index is -0.785. The van der Waals surface area contributed by atoms with Crippen molar-refractivity contribution >= 4 is 27.7 Å². The molecule has 1 fully saturated rings. The Balaban J connectivity index is 1.68. The van der Waals surface area contributed by atoms with Crippen LogP contribution in [0.15, 0.2) is 59.1 Å². The maximum atomic E-state index is 12.4. The highest BCUT2D eigenvalue weighted by Gasteiger charge is 2.44. The van der Waals surface area contributed by atoms with E-state index in [9.17, 15) is 9.59 Å². The van der Waals surface area contributed by atoms with E-state index < -0.39 is 11.9 Å². The number of halogens is 1. The molecule has 1 aliphatic rings. The predicted octanol–water partition coefficient (Wildman–Crippen LogP) is 2.90. The third-order valence-electron chi connectivity index (χ3n) is 4.11. The molecule has 3 atom stereocenters. The number of hydrogen-bond acceptors (Lipinski definition) is 2. The number of carbonyl (C=O) groups is 2. The second-order valence-electron chi connectivity index (χ2n) is 5.76. The Bertz CT molecular complexity index is 733. The lowest BCUT2D eigenvalue weighted by atomic mass is 10.1. The quantitative estimate of drug-likeness (QED) is 0.846. The first-order valence-electron chi connectivity index (χ1n) is 7.46. The average Bonchev–Trinajstić information content (AvgIpc) is 3.33. The van der Waals surface area contributed by atoms with Gasteiger partial charge in [-0.05, 0) is 35.6 Å². The Morgan fingerprint density at radius 2 is 1.87 bits per heavy atom. The lowest BCUT2D eigenvalue weighted by Crippen LogP contribution is -2.38. The first-order chi connectivity index (χ1) is 11.1. The van der Waals surface area contributed by atoms with Crippen LogP contribution < -0.4 is 11.1 Å². The summed E-state index contributed by atoms with van der Waals surface area (Å²) in [6.45, 7) is 0. The Hall–Kier alpha value is -2.14. The average molecular weight is 373 g/mol. The zero-order valence-corrected chi connectivity index (χ0v) is 14.0. The van der Waals surface area contributed by atoms with Crippen LogP contribution in [0.25, 0.3) is 0 Å². The van der Waals surface area contributed by atoms with Crippen molar-refractivity contribution in [3.05, 3.63) is 70.2 Å². The summed E-state index contributed by atoms with van der Waals surface area (Å²) in [5, 5.41) is 2.78. The van der Waals surface area contributed by atoms with Crippen LogP contribution in [-0.2, 0) is 9.59 Å². The van der Waals surface area contributed by atoms with Gasteiger partial charge in [-0.25, -0.2) is 0 Å². The first-order valence-corrected chi connectivity index (χ1v) is 8.25. The molecule has 0 spiro atoms. The van der Waals surface area contributed by atoms with Crippen molar-refractivity contribution in [1.82, 2.24) is 5.32 Å². The molecule has 0 heterocycles. The molecule has 3 rings (SSSR count). The van der Waals surface area contributed by atoms with E-state index in [0.717, 1.165) is 16.5 Å². The summed E-state index contributed by atoms with van der Waals surface area (Å²) in [7, 11) is 0. The van der Waals surface area contributed by atoms with Crippen molar-refractivity contribution in [3.63, 3.8) is 0 Å². The zero-order chi connectivity index (χ0) is 16.4. The van der Waals surface area contributed by atoms with Gasteiger partial charge in [0.05, 0.1) is 0 Å². The van der Waals surface area contributed by atoms with Crippen LogP contribution in [0.2, 0.25) is 0 Å².